The highest BCUT2D eigenvalue weighted by atomic mass is 16.7. The average molecular weight is 327 g/mol. The van der Waals surface area contributed by atoms with E-state index in [-0.39, 0.29) is 12.0 Å². The molecule has 128 valence electrons. The van der Waals surface area contributed by atoms with Crippen molar-refractivity contribution < 1.29 is 33.3 Å². The number of esters is 2. The fourth-order valence-electron chi connectivity index (χ4n) is 3.01. The van der Waals surface area contributed by atoms with Gasteiger partial charge < -0.3 is 24.3 Å². The Balaban J connectivity index is 2.28. The van der Waals surface area contributed by atoms with Gasteiger partial charge in [0, 0.05) is 12.0 Å². The van der Waals surface area contributed by atoms with Crippen molar-refractivity contribution >= 4 is 17.8 Å². The van der Waals surface area contributed by atoms with Gasteiger partial charge in [-0.15, -0.1) is 0 Å². The van der Waals surface area contributed by atoms with Gasteiger partial charge in [-0.3, -0.25) is 9.59 Å². The molecular formula is C15H21NO7. The van der Waals surface area contributed by atoms with E-state index < -0.39 is 35.1 Å². The lowest BCUT2D eigenvalue weighted by molar-refractivity contribution is -0.221. The van der Waals surface area contributed by atoms with E-state index in [0.717, 1.165) is 0 Å². The second-order valence-electron chi connectivity index (χ2n) is 5.61. The highest BCUT2D eigenvalue weighted by Gasteiger charge is 2.64. The van der Waals surface area contributed by atoms with Crippen LogP contribution in [-0.2, 0) is 33.3 Å². The summed E-state index contributed by atoms with van der Waals surface area (Å²) < 4.78 is 20.7. The zero-order chi connectivity index (χ0) is 17.3. The van der Waals surface area contributed by atoms with Gasteiger partial charge in [-0.05, 0) is 13.8 Å². The molecule has 0 radical (unpaired) electrons. The topological polar surface area (TPSA) is 100 Å². The summed E-state index contributed by atoms with van der Waals surface area (Å²) in [4.78, 5) is 36.4. The van der Waals surface area contributed by atoms with Crippen LogP contribution < -0.4 is 5.32 Å². The van der Waals surface area contributed by atoms with Gasteiger partial charge in [-0.1, -0.05) is 6.08 Å². The van der Waals surface area contributed by atoms with E-state index in [2.05, 4.69) is 10.1 Å². The summed E-state index contributed by atoms with van der Waals surface area (Å²) in [5.74, 6) is -3.03. The van der Waals surface area contributed by atoms with Crippen molar-refractivity contribution in [1.29, 1.82) is 0 Å². The Morgan fingerprint density at radius 2 is 1.83 bits per heavy atom. The summed E-state index contributed by atoms with van der Waals surface area (Å²) in [6.45, 7) is 3.69. The highest BCUT2D eigenvalue weighted by Crippen LogP contribution is 2.52. The number of carbonyl (C=O) groups is 3. The van der Waals surface area contributed by atoms with Crippen LogP contribution in [0.2, 0.25) is 0 Å². The zero-order valence-electron chi connectivity index (χ0n) is 13.6. The zero-order valence-corrected chi connectivity index (χ0v) is 13.6. The van der Waals surface area contributed by atoms with Crippen LogP contribution in [0.1, 0.15) is 20.3 Å². The third-order valence-electron chi connectivity index (χ3n) is 4.37. The fraction of sp³-hybridized carbons (Fsp3) is 0.667. The number of rotatable bonds is 4. The molecule has 1 heterocycles. The summed E-state index contributed by atoms with van der Waals surface area (Å²) in [5.41, 5.74) is -1.26. The standard InChI is InChI=1S/C15H21NO7/c1-9(12(18)20-3)16-11(17)10-5-6-15(22-7-8-23-15)14(10,2)13(19)21-4/h5,9H,6-8H2,1-4H3,(H,16,17). The molecule has 0 saturated carbocycles. The third kappa shape index (κ3) is 2.61. The Kier molecular flexibility index (Phi) is 4.76. The van der Waals surface area contributed by atoms with Crippen molar-refractivity contribution in [3.05, 3.63) is 11.6 Å². The summed E-state index contributed by atoms with van der Waals surface area (Å²) in [6, 6.07) is -0.850. The van der Waals surface area contributed by atoms with E-state index >= 15 is 0 Å². The van der Waals surface area contributed by atoms with E-state index in [9.17, 15) is 14.4 Å². The first kappa shape index (κ1) is 17.4. The van der Waals surface area contributed by atoms with Crippen molar-refractivity contribution in [3.63, 3.8) is 0 Å². The summed E-state index contributed by atoms with van der Waals surface area (Å²) in [7, 11) is 2.47. The molecule has 8 nitrogen and oxygen atoms in total. The van der Waals surface area contributed by atoms with Gasteiger partial charge in [0.2, 0.25) is 5.91 Å². The predicted molar refractivity (Wildman–Crippen MR) is 77.1 cm³/mol. The number of nitrogens with one attached hydrogen (secondary N) is 1. The number of hydrogen-bond acceptors (Lipinski definition) is 7. The minimum absolute atomic E-state index is 0.155. The Labute approximate surface area is 134 Å². The van der Waals surface area contributed by atoms with Crippen LogP contribution in [0, 0.1) is 5.41 Å². The minimum atomic E-state index is -1.42. The van der Waals surface area contributed by atoms with Crippen molar-refractivity contribution in [2.24, 2.45) is 5.41 Å². The normalized spacial score (nSPS) is 26.5. The van der Waals surface area contributed by atoms with Crippen molar-refractivity contribution in [2.75, 3.05) is 27.4 Å². The molecule has 1 amide bonds. The fourth-order valence-corrected chi connectivity index (χ4v) is 3.01. The van der Waals surface area contributed by atoms with E-state index in [0.29, 0.717) is 13.2 Å². The van der Waals surface area contributed by atoms with Crippen molar-refractivity contribution in [1.82, 2.24) is 5.32 Å². The molecule has 1 N–H and O–H groups in total. The second-order valence-corrected chi connectivity index (χ2v) is 5.61. The number of ether oxygens (including phenoxy) is 4. The van der Waals surface area contributed by atoms with Crippen LogP contribution in [0.5, 0.6) is 0 Å². The minimum Gasteiger partial charge on any atom is -0.468 e. The molecule has 2 rings (SSSR count). The van der Waals surface area contributed by atoms with Crippen LogP contribution in [0.3, 0.4) is 0 Å². The number of carbonyl (C=O) groups excluding carboxylic acids is 3. The van der Waals surface area contributed by atoms with Gasteiger partial charge in [0.05, 0.1) is 27.4 Å². The van der Waals surface area contributed by atoms with Gasteiger partial charge in [0.25, 0.3) is 0 Å². The molecule has 0 aromatic carbocycles. The molecule has 1 aliphatic heterocycles. The van der Waals surface area contributed by atoms with Gasteiger partial charge in [-0.25, -0.2) is 4.79 Å². The second kappa shape index (κ2) is 6.29. The highest BCUT2D eigenvalue weighted by molar-refractivity contribution is 6.03. The third-order valence-corrected chi connectivity index (χ3v) is 4.37. The lowest BCUT2D eigenvalue weighted by Crippen LogP contribution is -2.54. The maximum Gasteiger partial charge on any atom is 0.328 e. The lowest BCUT2D eigenvalue weighted by atomic mass is 9.78. The first-order valence-corrected chi connectivity index (χ1v) is 7.28. The van der Waals surface area contributed by atoms with E-state index in [1.807, 2.05) is 0 Å². The van der Waals surface area contributed by atoms with Crippen LogP contribution in [0.15, 0.2) is 11.6 Å². The Bertz CT molecular complexity index is 550. The molecule has 0 aromatic heterocycles. The SMILES string of the molecule is COC(=O)C(C)NC(=O)C1=CCC2(OCCO2)C1(C)C(=O)OC. The van der Waals surface area contributed by atoms with Crippen LogP contribution >= 0.6 is 0 Å². The van der Waals surface area contributed by atoms with E-state index in [1.54, 1.807) is 13.0 Å². The first-order chi connectivity index (χ1) is 10.8. The quantitative estimate of drug-likeness (QED) is 0.721. The smallest absolute Gasteiger partial charge is 0.328 e. The predicted octanol–water partition coefficient (Wildman–Crippen LogP) is -0.0834. The van der Waals surface area contributed by atoms with Gasteiger partial charge in [0.15, 0.2) is 5.79 Å². The number of hydrogen-bond donors (Lipinski definition) is 1. The Morgan fingerprint density at radius 3 is 2.35 bits per heavy atom. The van der Waals surface area contributed by atoms with Crippen LogP contribution in [0.4, 0.5) is 0 Å². The molecule has 1 aliphatic carbocycles. The molecule has 23 heavy (non-hydrogen) atoms. The molecule has 2 aliphatic rings. The molecule has 0 bridgehead atoms. The largest absolute Gasteiger partial charge is 0.468 e. The molecule has 8 heteroatoms. The first-order valence-electron chi connectivity index (χ1n) is 7.28. The number of methoxy groups -OCH3 is 2. The van der Waals surface area contributed by atoms with Crippen LogP contribution in [0.25, 0.3) is 0 Å². The van der Waals surface area contributed by atoms with Crippen LogP contribution in [-0.4, -0.2) is 57.1 Å². The Morgan fingerprint density at radius 1 is 1.22 bits per heavy atom. The molecule has 1 spiro atoms. The van der Waals surface area contributed by atoms with E-state index in [4.69, 9.17) is 14.2 Å². The van der Waals surface area contributed by atoms with E-state index in [1.165, 1.54) is 21.1 Å². The summed E-state index contributed by atoms with van der Waals surface area (Å²) in [6.07, 6.45) is 1.83. The van der Waals surface area contributed by atoms with Gasteiger partial charge >= 0.3 is 11.9 Å². The van der Waals surface area contributed by atoms with Gasteiger partial charge in [-0.2, -0.15) is 0 Å². The lowest BCUT2D eigenvalue weighted by Gasteiger charge is -2.38. The summed E-state index contributed by atoms with van der Waals surface area (Å²) >= 11 is 0. The molecule has 1 saturated heterocycles. The van der Waals surface area contributed by atoms with Gasteiger partial charge in [0.1, 0.15) is 11.5 Å². The average Bonchev–Trinajstić information content (AvgIpc) is 3.13. The molecule has 1 fully saturated rings. The molecule has 2 atom stereocenters. The van der Waals surface area contributed by atoms with Crippen molar-refractivity contribution in [3.8, 4) is 0 Å². The van der Waals surface area contributed by atoms with Crippen molar-refractivity contribution in [2.45, 2.75) is 32.1 Å². The number of amides is 1. The summed E-state index contributed by atoms with van der Waals surface area (Å²) in [5, 5.41) is 2.51. The molecule has 2 unspecified atom stereocenters. The molecular weight excluding hydrogens is 306 g/mol. The monoisotopic (exact) mass is 327 g/mol. The maximum atomic E-state index is 12.5. The molecule has 0 aromatic rings. The Hall–Kier alpha value is -1.93. The maximum absolute atomic E-state index is 12.5.